The Labute approximate surface area is 104 Å². The van der Waals surface area contributed by atoms with Gasteiger partial charge in [0.2, 0.25) is 5.91 Å². The SMILES string of the molecule is N#Cc1ccc(CNC(=O)C2CC2C(=O)O)cc1. The van der Waals surface area contributed by atoms with Crippen LogP contribution in [0.2, 0.25) is 0 Å². The molecule has 0 saturated heterocycles. The lowest BCUT2D eigenvalue weighted by Crippen LogP contribution is -2.25. The number of carbonyl (C=O) groups is 2. The maximum absolute atomic E-state index is 11.6. The van der Waals surface area contributed by atoms with E-state index < -0.39 is 11.9 Å². The Balaban J connectivity index is 1.83. The molecule has 1 amide bonds. The van der Waals surface area contributed by atoms with Crippen LogP contribution in [-0.4, -0.2) is 17.0 Å². The third-order valence-corrected chi connectivity index (χ3v) is 2.99. The van der Waals surface area contributed by atoms with Crippen molar-refractivity contribution < 1.29 is 14.7 Å². The third-order valence-electron chi connectivity index (χ3n) is 2.99. The molecule has 2 unspecified atom stereocenters. The zero-order valence-corrected chi connectivity index (χ0v) is 9.59. The van der Waals surface area contributed by atoms with Gasteiger partial charge in [-0.25, -0.2) is 0 Å². The van der Waals surface area contributed by atoms with Gasteiger partial charge in [-0.3, -0.25) is 9.59 Å². The van der Waals surface area contributed by atoms with Gasteiger partial charge in [0.15, 0.2) is 0 Å². The Morgan fingerprint density at radius 3 is 2.50 bits per heavy atom. The topological polar surface area (TPSA) is 90.2 Å². The second-order valence-electron chi connectivity index (χ2n) is 4.31. The highest BCUT2D eigenvalue weighted by atomic mass is 16.4. The first kappa shape index (κ1) is 12.1. The number of carboxylic acid groups (broad SMARTS) is 1. The molecule has 92 valence electrons. The van der Waals surface area contributed by atoms with Crippen LogP contribution >= 0.6 is 0 Å². The number of amides is 1. The molecule has 1 aliphatic rings. The second kappa shape index (κ2) is 4.88. The summed E-state index contributed by atoms with van der Waals surface area (Å²) in [6.45, 7) is 0.355. The van der Waals surface area contributed by atoms with Crippen LogP contribution in [0.25, 0.3) is 0 Å². The summed E-state index contributed by atoms with van der Waals surface area (Å²) >= 11 is 0. The van der Waals surface area contributed by atoms with Crippen molar-refractivity contribution in [1.29, 1.82) is 5.26 Å². The molecule has 1 saturated carbocycles. The molecule has 2 atom stereocenters. The van der Waals surface area contributed by atoms with E-state index in [-0.39, 0.29) is 11.8 Å². The van der Waals surface area contributed by atoms with E-state index in [0.29, 0.717) is 18.5 Å². The van der Waals surface area contributed by atoms with Crippen molar-refractivity contribution in [2.75, 3.05) is 0 Å². The fourth-order valence-electron chi connectivity index (χ4n) is 1.78. The van der Waals surface area contributed by atoms with E-state index in [0.717, 1.165) is 5.56 Å². The van der Waals surface area contributed by atoms with E-state index in [4.69, 9.17) is 10.4 Å². The summed E-state index contributed by atoms with van der Waals surface area (Å²) in [6, 6.07) is 8.90. The number of rotatable bonds is 4. The maximum Gasteiger partial charge on any atom is 0.307 e. The van der Waals surface area contributed by atoms with Crippen LogP contribution in [0, 0.1) is 23.2 Å². The predicted molar refractivity (Wildman–Crippen MR) is 62.2 cm³/mol. The summed E-state index contributed by atoms with van der Waals surface area (Å²) < 4.78 is 0. The summed E-state index contributed by atoms with van der Waals surface area (Å²) in [5, 5.41) is 20.0. The smallest absolute Gasteiger partial charge is 0.307 e. The van der Waals surface area contributed by atoms with Crippen LogP contribution < -0.4 is 5.32 Å². The van der Waals surface area contributed by atoms with Crippen LogP contribution in [0.3, 0.4) is 0 Å². The predicted octanol–water partition coefficient (Wildman–Crippen LogP) is 0.895. The van der Waals surface area contributed by atoms with Gasteiger partial charge < -0.3 is 10.4 Å². The first-order chi connectivity index (χ1) is 8.61. The Morgan fingerprint density at radius 1 is 1.33 bits per heavy atom. The average Bonchev–Trinajstić information content (AvgIpc) is 3.17. The highest BCUT2D eigenvalue weighted by Gasteiger charge is 2.48. The van der Waals surface area contributed by atoms with Crippen LogP contribution in [0.5, 0.6) is 0 Å². The summed E-state index contributed by atoms with van der Waals surface area (Å²) in [5.74, 6) is -2.04. The lowest BCUT2D eigenvalue weighted by atomic mass is 10.1. The largest absolute Gasteiger partial charge is 0.481 e. The summed E-state index contributed by atoms with van der Waals surface area (Å²) in [5.41, 5.74) is 1.45. The molecule has 2 N–H and O–H groups in total. The monoisotopic (exact) mass is 244 g/mol. The Morgan fingerprint density at radius 2 is 2.00 bits per heavy atom. The van der Waals surface area contributed by atoms with Crippen LogP contribution in [0.1, 0.15) is 17.5 Å². The van der Waals surface area contributed by atoms with Crippen molar-refractivity contribution in [3.63, 3.8) is 0 Å². The highest BCUT2D eigenvalue weighted by Crippen LogP contribution is 2.38. The zero-order valence-electron chi connectivity index (χ0n) is 9.59. The molecule has 18 heavy (non-hydrogen) atoms. The van der Waals surface area contributed by atoms with E-state index >= 15 is 0 Å². The van der Waals surface area contributed by atoms with Crippen molar-refractivity contribution in [3.05, 3.63) is 35.4 Å². The molecule has 0 radical (unpaired) electrons. The van der Waals surface area contributed by atoms with Gasteiger partial charge in [0.1, 0.15) is 0 Å². The Hall–Kier alpha value is -2.35. The zero-order chi connectivity index (χ0) is 13.1. The maximum atomic E-state index is 11.6. The Bertz CT molecular complexity index is 516. The van der Waals surface area contributed by atoms with Crippen molar-refractivity contribution >= 4 is 11.9 Å². The third kappa shape index (κ3) is 2.66. The van der Waals surface area contributed by atoms with Crippen LogP contribution in [0.15, 0.2) is 24.3 Å². The Kier molecular flexibility index (Phi) is 3.28. The molecule has 2 rings (SSSR count). The van der Waals surface area contributed by atoms with E-state index in [1.807, 2.05) is 6.07 Å². The van der Waals surface area contributed by atoms with Crippen LogP contribution in [0.4, 0.5) is 0 Å². The van der Waals surface area contributed by atoms with Gasteiger partial charge in [-0.15, -0.1) is 0 Å². The molecule has 1 fully saturated rings. The lowest BCUT2D eigenvalue weighted by Gasteiger charge is -2.04. The molecule has 5 heteroatoms. The number of hydrogen-bond acceptors (Lipinski definition) is 3. The molecule has 0 aromatic heterocycles. The van der Waals surface area contributed by atoms with Crippen molar-refractivity contribution in [3.8, 4) is 6.07 Å². The number of nitrogens with one attached hydrogen (secondary N) is 1. The van der Waals surface area contributed by atoms with Gasteiger partial charge >= 0.3 is 5.97 Å². The fraction of sp³-hybridized carbons (Fsp3) is 0.308. The molecular formula is C13H12N2O3. The number of carboxylic acids is 1. The lowest BCUT2D eigenvalue weighted by molar-refractivity contribution is -0.140. The molecular weight excluding hydrogens is 232 g/mol. The first-order valence-electron chi connectivity index (χ1n) is 5.61. The van der Waals surface area contributed by atoms with E-state index in [2.05, 4.69) is 5.32 Å². The highest BCUT2D eigenvalue weighted by molar-refractivity contribution is 5.89. The number of benzene rings is 1. The molecule has 0 heterocycles. The van der Waals surface area contributed by atoms with Crippen molar-refractivity contribution in [2.45, 2.75) is 13.0 Å². The molecule has 1 aliphatic carbocycles. The minimum atomic E-state index is -0.909. The minimum absolute atomic E-state index is 0.216. The molecule has 0 aliphatic heterocycles. The number of carbonyl (C=O) groups excluding carboxylic acids is 1. The normalized spacial score (nSPS) is 20.8. The summed E-state index contributed by atoms with van der Waals surface area (Å²) in [7, 11) is 0. The minimum Gasteiger partial charge on any atom is -0.481 e. The molecule has 0 bridgehead atoms. The fourth-order valence-corrected chi connectivity index (χ4v) is 1.78. The summed E-state index contributed by atoms with van der Waals surface area (Å²) in [4.78, 5) is 22.2. The summed E-state index contributed by atoms with van der Waals surface area (Å²) in [6.07, 6.45) is 0.425. The van der Waals surface area contributed by atoms with E-state index in [1.54, 1.807) is 24.3 Å². The quantitative estimate of drug-likeness (QED) is 0.823. The van der Waals surface area contributed by atoms with Gasteiger partial charge in [0.05, 0.1) is 23.5 Å². The molecule has 5 nitrogen and oxygen atoms in total. The van der Waals surface area contributed by atoms with Gasteiger partial charge in [0, 0.05) is 6.54 Å². The van der Waals surface area contributed by atoms with E-state index in [1.165, 1.54) is 0 Å². The van der Waals surface area contributed by atoms with Gasteiger partial charge in [-0.05, 0) is 24.1 Å². The van der Waals surface area contributed by atoms with Gasteiger partial charge in [-0.1, -0.05) is 12.1 Å². The number of aliphatic carboxylic acids is 1. The van der Waals surface area contributed by atoms with Crippen molar-refractivity contribution in [1.82, 2.24) is 5.32 Å². The van der Waals surface area contributed by atoms with E-state index in [9.17, 15) is 9.59 Å². The molecule has 0 spiro atoms. The second-order valence-corrected chi connectivity index (χ2v) is 4.31. The number of nitriles is 1. The first-order valence-corrected chi connectivity index (χ1v) is 5.61. The molecule has 1 aromatic carbocycles. The number of nitrogens with zero attached hydrogens (tertiary/aromatic N) is 1. The van der Waals surface area contributed by atoms with Gasteiger partial charge in [0.25, 0.3) is 0 Å². The van der Waals surface area contributed by atoms with Crippen molar-refractivity contribution in [2.24, 2.45) is 11.8 Å². The van der Waals surface area contributed by atoms with Gasteiger partial charge in [-0.2, -0.15) is 5.26 Å². The molecule has 1 aromatic rings. The standard InChI is InChI=1S/C13H12N2O3/c14-6-8-1-3-9(4-2-8)7-15-12(16)10-5-11(10)13(17)18/h1-4,10-11H,5,7H2,(H,15,16)(H,17,18). The average molecular weight is 244 g/mol. The van der Waals surface area contributed by atoms with Crippen LogP contribution in [-0.2, 0) is 16.1 Å². The number of hydrogen-bond donors (Lipinski definition) is 2.